The molecule has 1 aliphatic rings. The summed E-state index contributed by atoms with van der Waals surface area (Å²) in [7, 11) is 0. The Labute approximate surface area is 94.9 Å². The smallest absolute Gasteiger partial charge is 0.160 e. The number of benzene rings is 1. The number of anilines is 1. The van der Waals surface area contributed by atoms with Gasteiger partial charge in [0.05, 0.1) is 0 Å². The summed E-state index contributed by atoms with van der Waals surface area (Å²) in [5.41, 5.74) is 0.678. The van der Waals surface area contributed by atoms with Crippen molar-refractivity contribution >= 4 is 5.69 Å². The Kier molecular flexibility index (Phi) is 3.42. The molecule has 0 aliphatic heterocycles. The number of hydrogen-bond donors (Lipinski definition) is 1. The topological polar surface area (TPSA) is 12.0 Å². The lowest BCUT2D eigenvalue weighted by molar-refractivity contribution is 0.349. The normalized spacial score (nSPS) is 25.4. The first-order valence-electron chi connectivity index (χ1n) is 5.88. The Bertz CT molecular complexity index is 365. The summed E-state index contributed by atoms with van der Waals surface area (Å²) in [6, 6.07) is 4.39. The van der Waals surface area contributed by atoms with E-state index in [1.54, 1.807) is 6.07 Å². The molecule has 2 atom stereocenters. The van der Waals surface area contributed by atoms with Gasteiger partial charge in [-0.25, -0.2) is 8.78 Å². The van der Waals surface area contributed by atoms with Crippen molar-refractivity contribution in [3.8, 4) is 0 Å². The van der Waals surface area contributed by atoms with Crippen LogP contribution in [0.1, 0.15) is 32.6 Å². The first-order valence-corrected chi connectivity index (χ1v) is 5.88. The van der Waals surface area contributed by atoms with Crippen LogP contribution in [0.2, 0.25) is 0 Å². The van der Waals surface area contributed by atoms with E-state index in [0.29, 0.717) is 17.6 Å². The van der Waals surface area contributed by atoms with E-state index in [9.17, 15) is 8.78 Å². The average Bonchev–Trinajstić information content (AvgIpc) is 2.27. The second-order valence-corrected chi connectivity index (χ2v) is 4.64. The van der Waals surface area contributed by atoms with Crippen LogP contribution in [0.3, 0.4) is 0 Å². The van der Waals surface area contributed by atoms with Crippen LogP contribution in [0.25, 0.3) is 0 Å². The van der Waals surface area contributed by atoms with E-state index in [4.69, 9.17) is 0 Å². The largest absolute Gasteiger partial charge is 0.382 e. The highest BCUT2D eigenvalue weighted by Crippen LogP contribution is 2.27. The van der Waals surface area contributed by atoms with Crippen molar-refractivity contribution < 1.29 is 8.78 Å². The van der Waals surface area contributed by atoms with E-state index in [-0.39, 0.29) is 0 Å². The fourth-order valence-corrected chi connectivity index (χ4v) is 2.33. The minimum absolute atomic E-state index is 0.388. The molecule has 1 aromatic rings. The molecule has 0 radical (unpaired) electrons. The van der Waals surface area contributed by atoms with E-state index in [1.807, 2.05) is 0 Å². The van der Waals surface area contributed by atoms with Crippen LogP contribution >= 0.6 is 0 Å². The van der Waals surface area contributed by atoms with E-state index in [1.165, 1.54) is 31.4 Å². The second-order valence-electron chi connectivity index (χ2n) is 4.64. The van der Waals surface area contributed by atoms with Gasteiger partial charge in [-0.15, -0.1) is 0 Å². The zero-order valence-electron chi connectivity index (χ0n) is 9.47. The molecule has 16 heavy (non-hydrogen) atoms. The third-order valence-corrected chi connectivity index (χ3v) is 3.38. The Hall–Kier alpha value is -1.12. The van der Waals surface area contributed by atoms with Gasteiger partial charge >= 0.3 is 0 Å². The molecule has 0 aromatic heterocycles. The summed E-state index contributed by atoms with van der Waals surface area (Å²) in [4.78, 5) is 0. The van der Waals surface area contributed by atoms with Crippen molar-refractivity contribution in [1.82, 2.24) is 0 Å². The fourth-order valence-electron chi connectivity index (χ4n) is 2.33. The second kappa shape index (κ2) is 4.81. The number of halogens is 2. The summed E-state index contributed by atoms with van der Waals surface area (Å²) < 4.78 is 25.8. The Balaban J connectivity index is 2.05. The van der Waals surface area contributed by atoms with Gasteiger partial charge in [-0.1, -0.05) is 19.8 Å². The average molecular weight is 225 g/mol. The molecule has 88 valence electrons. The van der Waals surface area contributed by atoms with Gasteiger partial charge in [0.25, 0.3) is 0 Å². The zero-order chi connectivity index (χ0) is 11.5. The lowest BCUT2D eigenvalue weighted by Crippen LogP contribution is -2.30. The highest BCUT2D eigenvalue weighted by atomic mass is 19.2. The van der Waals surface area contributed by atoms with E-state index >= 15 is 0 Å². The van der Waals surface area contributed by atoms with Gasteiger partial charge in [0, 0.05) is 17.8 Å². The molecule has 3 heteroatoms. The van der Waals surface area contributed by atoms with E-state index in [2.05, 4.69) is 12.2 Å². The molecule has 1 fully saturated rings. The third kappa shape index (κ3) is 2.52. The summed E-state index contributed by atoms with van der Waals surface area (Å²) in [5.74, 6) is -0.974. The van der Waals surface area contributed by atoms with Crippen LogP contribution in [0.15, 0.2) is 18.2 Å². The van der Waals surface area contributed by atoms with Crippen molar-refractivity contribution in [1.29, 1.82) is 0 Å². The predicted molar refractivity (Wildman–Crippen MR) is 61.4 cm³/mol. The minimum atomic E-state index is -0.790. The number of rotatable bonds is 2. The molecule has 0 saturated heterocycles. The molecular formula is C13H17F2N. The summed E-state index contributed by atoms with van der Waals surface area (Å²) in [6.45, 7) is 2.21. The monoisotopic (exact) mass is 225 g/mol. The van der Waals surface area contributed by atoms with Gasteiger partial charge in [0.15, 0.2) is 11.6 Å². The first-order chi connectivity index (χ1) is 7.66. The van der Waals surface area contributed by atoms with Crippen molar-refractivity contribution in [3.63, 3.8) is 0 Å². The molecule has 1 nitrogen and oxygen atoms in total. The molecule has 1 N–H and O–H groups in total. The maximum atomic E-state index is 13.0. The van der Waals surface area contributed by atoms with E-state index < -0.39 is 11.6 Å². The van der Waals surface area contributed by atoms with Gasteiger partial charge in [-0.05, 0) is 30.9 Å². The molecule has 1 aliphatic carbocycles. The van der Waals surface area contributed by atoms with Crippen LogP contribution in [0.4, 0.5) is 14.5 Å². The third-order valence-electron chi connectivity index (χ3n) is 3.38. The summed E-state index contributed by atoms with van der Waals surface area (Å²) in [5, 5.41) is 3.29. The Morgan fingerprint density at radius 1 is 1.12 bits per heavy atom. The number of nitrogens with one attached hydrogen (secondary N) is 1. The fraction of sp³-hybridized carbons (Fsp3) is 0.538. The molecule has 1 saturated carbocycles. The molecule has 2 unspecified atom stereocenters. The van der Waals surface area contributed by atoms with Crippen LogP contribution in [-0.4, -0.2) is 6.04 Å². The van der Waals surface area contributed by atoms with Gasteiger partial charge in [0.2, 0.25) is 0 Å². The quantitative estimate of drug-likeness (QED) is 0.803. The molecule has 0 bridgehead atoms. The van der Waals surface area contributed by atoms with Crippen molar-refractivity contribution in [2.24, 2.45) is 5.92 Å². The zero-order valence-corrected chi connectivity index (χ0v) is 9.47. The van der Waals surface area contributed by atoms with E-state index in [0.717, 1.165) is 6.42 Å². The highest BCUT2D eigenvalue weighted by molar-refractivity contribution is 5.44. The lowest BCUT2D eigenvalue weighted by Gasteiger charge is -2.30. The molecule has 2 rings (SSSR count). The molecular weight excluding hydrogens is 208 g/mol. The maximum absolute atomic E-state index is 13.0. The summed E-state index contributed by atoms with van der Waals surface area (Å²) >= 11 is 0. The van der Waals surface area contributed by atoms with Crippen molar-refractivity contribution in [2.75, 3.05) is 5.32 Å². The van der Waals surface area contributed by atoms with Gasteiger partial charge in [-0.3, -0.25) is 0 Å². The molecule has 1 aromatic carbocycles. The number of hydrogen-bond acceptors (Lipinski definition) is 1. The highest BCUT2D eigenvalue weighted by Gasteiger charge is 2.21. The standard InChI is InChI=1S/C13H17F2N/c1-9-4-2-3-5-13(9)16-10-6-7-11(14)12(15)8-10/h6-9,13,16H,2-5H2,1H3. The molecule has 0 heterocycles. The lowest BCUT2D eigenvalue weighted by atomic mass is 9.86. The van der Waals surface area contributed by atoms with Gasteiger partial charge < -0.3 is 5.32 Å². The van der Waals surface area contributed by atoms with Gasteiger partial charge in [0.1, 0.15) is 0 Å². The first kappa shape index (κ1) is 11.4. The van der Waals surface area contributed by atoms with Crippen molar-refractivity contribution in [3.05, 3.63) is 29.8 Å². The SMILES string of the molecule is CC1CCCCC1Nc1ccc(F)c(F)c1. The van der Waals surface area contributed by atoms with Crippen molar-refractivity contribution in [2.45, 2.75) is 38.6 Å². The molecule has 0 spiro atoms. The van der Waals surface area contributed by atoms with Crippen LogP contribution < -0.4 is 5.32 Å². The Morgan fingerprint density at radius 2 is 1.88 bits per heavy atom. The Morgan fingerprint density at radius 3 is 2.56 bits per heavy atom. The predicted octanol–water partition coefficient (Wildman–Crippen LogP) is 3.96. The molecule has 0 amide bonds. The van der Waals surface area contributed by atoms with Crippen LogP contribution in [-0.2, 0) is 0 Å². The minimum Gasteiger partial charge on any atom is -0.382 e. The maximum Gasteiger partial charge on any atom is 0.160 e. The summed E-state index contributed by atoms with van der Waals surface area (Å²) in [6.07, 6.45) is 4.81. The van der Waals surface area contributed by atoms with Crippen LogP contribution in [0.5, 0.6) is 0 Å². The van der Waals surface area contributed by atoms with Crippen LogP contribution in [0, 0.1) is 17.6 Å². The van der Waals surface area contributed by atoms with Gasteiger partial charge in [-0.2, -0.15) is 0 Å².